The quantitative estimate of drug-likeness (QED) is 0.0375. The monoisotopic (exact) mass is 756 g/mol. The Labute approximate surface area is 331 Å². The van der Waals surface area contributed by atoms with E-state index in [4.69, 9.17) is 18.9 Å². The van der Waals surface area contributed by atoms with Crippen molar-refractivity contribution in [3.63, 3.8) is 0 Å². The van der Waals surface area contributed by atoms with Crippen molar-refractivity contribution in [1.82, 2.24) is 4.90 Å². The fourth-order valence-electron chi connectivity index (χ4n) is 7.82. The van der Waals surface area contributed by atoms with Crippen LogP contribution in [0.1, 0.15) is 194 Å². The number of carbonyl (C=O) groups is 2. The van der Waals surface area contributed by atoms with E-state index >= 15 is 0 Å². The minimum atomic E-state index is -0.469. The standard InChI is InChI=1S/C47H81NO6/c1-5-8-18-27-42(4)32-38-51-45(49)30-21-13-11-15-23-34-47(53-41-44(54-47)40-48-36-25-17-26-37-48)35-24-16-12-14-22-31-46(50)52-39-33-43(28-19-9-6-2)29-20-10-7-3/h28,42-44H,2,5,7-8,10-18,20-27,29-41H2,1,3-4H3. The molecule has 0 bridgehead atoms. The van der Waals surface area contributed by atoms with Crippen LogP contribution in [0, 0.1) is 11.8 Å². The molecule has 4 unspecified atom stereocenters. The molecule has 0 N–H and O–H groups in total. The molecule has 4 atom stereocenters. The topological polar surface area (TPSA) is 74.3 Å². The van der Waals surface area contributed by atoms with Crippen molar-refractivity contribution in [1.29, 1.82) is 0 Å². The zero-order chi connectivity index (χ0) is 39.0. The lowest BCUT2D eigenvalue weighted by Gasteiger charge is -2.31. The van der Waals surface area contributed by atoms with Crippen LogP contribution in [0.3, 0.4) is 0 Å². The van der Waals surface area contributed by atoms with E-state index in [9.17, 15) is 9.59 Å². The summed E-state index contributed by atoms with van der Waals surface area (Å²) in [5.74, 6) is 0.376. The van der Waals surface area contributed by atoms with Crippen LogP contribution in [0.25, 0.3) is 0 Å². The number of hydrogen-bond donors (Lipinski definition) is 0. The van der Waals surface area contributed by atoms with Crippen LogP contribution in [0.15, 0.2) is 29.8 Å². The molecular weight excluding hydrogens is 675 g/mol. The second-order valence-electron chi connectivity index (χ2n) is 16.3. The maximum atomic E-state index is 12.4. The van der Waals surface area contributed by atoms with Crippen molar-refractivity contribution < 1.29 is 28.5 Å². The van der Waals surface area contributed by atoms with Crippen molar-refractivity contribution in [2.75, 3.05) is 39.5 Å². The molecule has 2 fully saturated rings. The molecule has 0 spiro atoms. The molecule has 0 aromatic heterocycles. The van der Waals surface area contributed by atoms with Gasteiger partial charge < -0.3 is 23.8 Å². The van der Waals surface area contributed by atoms with E-state index in [1.54, 1.807) is 0 Å². The number of nitrogens with zero attached hydrogens (tertiary/aromatic N) is 1. The molecule has 0 saturated carbocycles. The van der Waals surface area contributed by atoms with Gasteiger partial charge in [-0.25, -0.2) is 0 Å². The first-order valence-electron chi connectivity index (χ1n) is 22.6. The zero-order valence-electron chi connectivity index (χ0n) is 35.2. The first-order chi connectivity index (χ1) is 26.4. The number of ether oxygens (including phenoxy) is 4. The van der Waals surface area contributed by atoms with Gasteiger partial charge in [0.2, 0.25) is 0 Å². The van der Waals surface area contributed by atoms with Crippen LogP contribution in [-0.2, 0) is 28.5 Å². The number of rotatable bonds is 33. The molecule has 0 aliphatic carbocycles. The molecule has 2 rings (SSSR count). The molecule has 54 heavy (non-hydrogen) atoms. The van der Waals surface area contributed by atoms with Gasteiger partial charge in [0.15, 0.2) is 5.79 Å². The molecule has 2 saturated heterocycles. The van der Waals surface area contributed by atoms with E-state index in [1.807, 2.05) is 6.08 Å². The van der Waals surface area contributed by atoms with Gasteiger partial charge in [-0.1, -0.05) is 122 Å². The highest BCUT2D eigenvalue weighted by molar-refractivity contribution is 5.69. The molecule has 0 radical (unpaired) electrons. The minimum absolute atomic E-state index is 0.0384. The summed E-state index contributed by atoms with van der Waals surface area (Å²) in [6, 6.07) is 0. The third-order valence-electron chi connectivity index (χ3n) is 11.3. The maximum Gasteiger partial charge on any atom is 0.305 e. The van der Waals surface area contributed by atoms with Crippen LogP contribution in [0.4, 0.5) is 0 Å². The molecular formula is C47H81NO6. The van der Waals surface area contributed by atoms with E-state index in [-0.39, 0.29) is 18.0 Å². The normalized spacial score (nSPS) is 19.7. The third-order valence-corrected chi connectivity index (χ3v) is 11.3. The molecule has 7 nitrogen and oxygen atoms in total. The molecule has 0 aromatic carbocycles. The van der Waals surface area contributed by atoms with Crippen LogP contribution in [0.2, 0.25) is 0 Å². The summed E-state index contributed by atoms with van der Waals surface area (Å²) < 4.78 is 24.4. The van der Waals surface area contributed by atoms with Crippen molar-refractivity contribution in [3.05, 3.63) is 29.8 Å². The number of allylic oxidation sites excluding steroid dienone is 1. The van der Waals surface area contributed by atoms with E-state index in [0.29, 0.717) is 44.5 Å². The Morgan fingerprint density at radius 1 is 0.759 bits per heavy atom. The highest BCUT2D eigenvalue weighted by atomic mass is 16.7. The molecule has 0 amide bonds. The highest BCUT2D eigenvalue weighted by Crippen LogP contribution is 2.35. The average Bonchev–Trinajstić information content (AvgIpc) is 3.56. The van der Waals surface area contributed by atoms with Crippen molar-refractivity contribution >= 4 is 11.9 Å². The number of unbranched alkanes of at least 4 members (excludes halogenated alkanes) is 12. The summed E-state index contributed by atoms with van der Waals surface area (Å²) in [5, 5.41) is 0. The van der Waals surface area contributed by atoms with Crippen LogP contribution < -0.4 is 0 Å². The second-order valence-corrected chi connectivity index (χ2v) is 16.3. The second kappa shape index (κ2) is 32.0. The Kier molecular flexibility index (Phi) is 28.5. The summed E-state index contributed by atoms with van der Waals surface area (Å²) in [6.07, 6.45) is 31.0. The Bertz CT molecular complexity index is 1080. The van der Waals surface area contributed by atoms with Gasteiger partial charge in [0, 0.05) is 32.2 Å². The Morgan fingerprint density at radius 3 is 1.94 bits per heavy atom. The predicted octanol–water partition coefficient (Wildman–Crippen LogP) is 12.0. The summed E-state index contributed by atoms with van der Waals surface area (Å²) in [6.45, 7) is 15.3. The van der Waals surface area contributed by atoms with E-state index in [1.165, 1.54) is 77.3 Å². The summed E-state index contributed by atoms with van der Waals surface area (Å²) in [5.41, 5.74) is 8.40. The first-order valence-corrected chi connectivity index (χ1v) is 22.6. The molecule has 2 heterocycles. The lowest BCUT2D eigenvalue weighted by atomic mass is 9.98. The van der Waals surface area contributed by atoms with E-state index < -0.39 is 5.79 Å². The van der Waals surface area contributed by atoms with Crippen LogP contribution in [0.5, 0.6) is 0 Å². The molecule has 0 aromatic rings. The molecule has 2 aliphatic heterocycles. The maximum absolute atomic E-state index is 12.4. The Hall–Kier alpha value is -2.10. The fraction of sp³-hybridized carbons (Fsp3) is 0.851. The van der Waals surface area contributed by atoms with Gasteiger partial charge >= 0.3 is 11.9 Å². The molecule has 310 valence electrons. The van der Waals surface area contributed by atoms with Gasteiger partial charge in [-0.2, -0.15) is 0 Å². The number of likely N-dealkylation sites (tertiary alicyclic amines) is 1. The van der Waals surface area contributed by atoms with Gasteiger partial charge in [0.25, 0.3) is 0 Å². The predicted molar refractivity (Wildman–Crippen MR) is 221 cm³/mol. The number of esters is 2. The number of hydrogen-bond acceptors (Lipinski definition) is 7. The van der Waals surface area contributed by atoms with Gasteiger partial charge in [-0.15, -0.1) is 0 Å². The summed E-state index contributed by atoms with van der Waals surface area (Å²) in [7, 11) is 0. The van der Waals surface area contributed by atoms with Crippen LogP contribution >= 0.6 is 0 Å². The Balaban J connectivity index is 1.64. The number of carbonyl (C=O) groups excluding carboxylic acids is 2. The lowest BCUT2D eigenvalue weighted by Crippen LogP contribution is -2.39. The fourth-order valence-corrected chi connectivity index (χ4v) is 7.82. The smallest absolute Gasteiger partial charge is 0.305 e. The number of piperidine rings is 1. The van der Waals surface area contributed by atoms with Crippen LogP contribution in [-0.4, -0.2) is 68.2 Å². The first kappa shape index (κ1) is 48.0. The summed E-state index contributed by atoms with van der Waals surface area (Å²) >= 11 is 0. The molecule has 7 heteroatoms. The third kappa shape index (κ3) is 24.4. The average molecular weight is 756 g/mol. The van der Waals surface area contributed by atoms with Gasteiger partial charge in [0.05, 0.1) is 25.9 Å². The van der Waals surface area contributed by atoms with E-state index in [0.717, 1.165) is 103 Å². The van der Waals surface area contributed by atoms with Gasteiger partial charge in [-0.05, 0) is 101 Å². The van der Waals surface area contributed by atoms with Crippen molar-refractivity contribution in [2.45, 2.75) is 206 Å². The van der Waals surface area contributed by atoms with Gasteiger partial charge in [-0.3, -0.25) is 9.59 Å². The lowest BCUT2D eigenvalue weighted by molar-refractivity contribution is -0.181. The van der Waals surface area contributed by atoms with E-state index in [2.05, 4.69) is 49.4 Å². The Morgan fingerprint density at radius 2 is 1.33 bits per heavy atom. The molecule has 2 aliphatic rings. The van der Waals surface area contributed by atoms with Crippen molar-refractivity contribution in [3.8, 4) is 0 Å². The van der Waals surface area contributed by atoms with Crippen molar-refractivity contribution in [2.24, 2.45) is 11.8 Å². The van der Waals surface area contributed by atoms with Gasteiger partial charge in [0.1, 0.15) is 0 Å². The summed E-state index contributed by atoms with van der Waals surface area (Å²) in [4.78, 5) is 27.2. The SMILES string of the molecule is C=C=C=C=CC(CCCCC)CCOC(=O)CCCCCCCC1(CCCCCCCC(=O)OCCC(C)CCCCC)OCC(CN2CCCCC2)O1. The highest BCUT2D eigenvalue weighted by Gasteiger charge is 2.41. The largest absolute Gasteiger partial charge is 0.466 e. The zero-order valence-corrected chi connectivity index (χ0v) is 35.2. The minimum Gasteiger partial charge on any atom is -0.466 e.